The maximum absolute atomic E-state index is 12.4. The van der Waals surface area contributed by atoms with E-state index in [1.807, 2.05) is 30.3 Å². The third-order valence-electron chi connectivity index (χ3n) is 5.20. The average molecular weight is 374 g/mol. The molecule has 1 fully saturated rings. The highest BCUT2D eigenvalue weighted by Gasteiger charge is 2.11. The molecule has 0 unspecified atom stereocenters. The van der Waals surface area contributed by atoms with E-state index in [0.717, 1.165) is 17.8 Å². The molecule has 5 heteroatoms. The molecule has 2 heterocycles. The van der Waals surface area contributed by atoms with E-state index in [1.165, 1.54) is 37.9 Å². The van der Waals surface area contributed by atoms with E-state index in [4.69, 9.17) is 0 Å². The topological polar surface area (TPSA) is 50.2 Å². The molecule has 1 N–H and O–H groups in total. The molecular weight excluding hydrogens is 348 g/mol. The molecule has 28 heavy (non-hydrogen) atoms. The Labute approximate surface area is 166 Å². The molecule has 0 radical (unpaired) electrons. The molecule has 2 aromatic carbocycles. The normalized spacial score (nSPS) is 14.7. The monoisotopic (exact) mass is 374 g/mol. The van der Waals surface area contributed by atoms with Gasteiger partial charge in [-0.25, -0.2) is 4.68 Å². The van der Waals surface area contributed by atoms with Crippen LogP contribution in [-0.2, 0) is 13.1 Å². The summed E-state index contributed by atoms with van der Waals surface area (Å²) >= 11 is 0. The first-order valence-corrected chi connectivity index (χ1v) is 9.96. The highest BCUT2D eigenvalue weighted by atomic mass is 16.1. The summed E-state index contributed by atoms with van der Waals surface area (Å²) in [6, 6.07) is 18.3. The largest absolute Gasteiger partial charge is 0.348 e. The lowest BCUT2D eigenvalue weighted by atomic mass is 10.1. The number of rotatable bonds is 6. The van der Waals surface area contributed by atoms with Gasteiger partial charge in [0.25, 0.3) is 5.91 Å². The Bertz CT molecular complexity index is 896. The Morgan fingerprint density at radius 2 is 1.64 bits per heavy atom. The highest BCUT2D eigenvalue weighted by Crippen LogP contribution is 2.14. The molecule has 4 rings (SSSR count). The van der Waals surface area contributed by atoms with Gasteiger partial charge in [0.2, 0.25) is 0 Å². The number of nitrogens with zero attached hydrogens (tertiary/aromatic N) is 3. The number of piperidine rings is 1. The quantitative estimate of drug-likeness (QED) is 0.714. The maximum Gasteiger partial charge on any atom is 0.254 e. The molecular formula is C23H26N4O. The Morgan fingerprint density at radius 1 is 0.929 bits per heavy atom. The molecule has 1 aliphatic rings. The van der Waals surface area contributed by atoms with Crippen molar-refractivity contribution in [2.45, 2.75) is 32.4 Å². The second-order valence-corrected chi connectivity index (χ2v) is 7.35. The van der Waals surface area contributed by atoms with Crippen LogP contribution in [-0.4, -0.2) is 33.7 Å². The number of nitrogens with one attached hydrogen (secondary N) is 1. The van der Waals surface area contributed by atoms with Crippen LogP contribution in [0.3, 0.4) is 0 Å². The minimum atomic E-state index is -0.112. The van der Waals surface area contributed by atoms with E-state index in [0.29, 0.717) is 12.1 Å². The highest BCUT2D eigenvalue weighted by molar-refractivity contribution is 5.93. The molecule has 0 spiro atoms. The van der Waals surface area contributed by atoms with Crippen LogP contribution >= 0.6 is 0 Å². The number of benzene rings is 2. The molecule has 5 nitrogen and oxygen atoms in total. The Hall–Kier alpha value is -2.92. The average Bonchev–Trinajstić information content (AvgIpc) is 3.25. The second-order valence-electron chi connectivity index (χ2n) is 7.35. The van der Waals surface area contributed by atoms with Crippen molar-refractivity contribution >= 4 is 5.91 Å². The van der Waals surface area contributed by atoms with Crippen LogP contribution in [0.2, 0.25) is 0 Å². The van der Waals surface area contributed by atoms with Gasteiger partial charge in [0.05, 0.1) is 17.4 Å². The molecule has 0 saturated carbocycles. The van der Waals surface area contributed by atoms with Crippen LogP contribution in [0.25, 0.3) is 5.69 Å². The van der Waals surface area contributed by atoms with Crippen LogP contribution in [0.5, 0.6) is 0 Å². The smallest absolute Gasteiger partial charge is 0.254 e. The van der Waals surface area contributed by atoms with Crippen LogP contribution in [0.1, 0.15) is 40.7 Å². The van der Waals surface area contributed by atoms with Crippen molar-refractivity contribution < 1.29 is 4.79 Å². The maximum atomic E-state index is 12.4. The van der Waals surface area contributed by atoms with E-state index >= 15 is 0 Å². The number of amides is 1. The summed E-state index contributed by atoms with van der Waals surface area (Å²) in [6.45, 7) is 3.94. The van der Waals surface area contributed by atoms with Crippen molar-refractivity contribution in [1.29, 1.82) is 0 Å². The van der Waals surface area contributed by atoms with Gasteiger partial charge in [0.15, 0.2) is 0 Å². The van der Waals surface area contributed by atoms with Gasteiger partial charge in [-0.2, -0.15) is 5.10 Å². The van der Waals surface area contributed by atoms with E-state index in [2.05, 4.69) is 39.6 Å². The summed E-state index contributed by atoms with van der Waals surface area (Å²) in [4.78, 5) is 14.9. The van der Waals surface area contributed by atoms with Crippen LogP contribution in [0, 0.1) is 0 Å². The summed E-state index contributed by atoms with van der Waals surface area (Å²) < 4.78 is 1.71. The van der Waals surface area contributed by atoms with E-state index in [1.54, 1.807) is 17.1 Å². The molecule has 0 atom stereocenters. The summed E-state index contributed by atoms with van der Waals surface area (Å²) in [5.41, 5.74) is 3.93. The number of hydrogen-bond donors (Lipinski definition) is 1. The van der Waals surface area contributed by atoms with Crippen molar-refractivity contribution in [3.8, 4) is 5.69 Å². The van der Waals surface area contributed by atoms with E-state index in [9.17, 15) is 4.79 Å². The number of carbonyl (C=O) groups excluding carboxylic acids is 1. The van der Waals surface area contributed by atoms with E-state index in [-0.39, 0.29) is 5.91 Å². The first-order chi connectivity index (χ1) is 13.8. The van der Waals surface area contributed by atoms with Crippen molar-refractivity contribution in [3.05, 3.63) is 83.7 Å². The summed E-state index contributed by atoms with van der Waals surface area (Å²) in [7, 11) is 0. The standard InChI is InChI=1S/C23H26N4O/c28-23(21-16-25-27(18-21)22-7-3-1-4-8-22)24-15-19-9-11-20(12-10-19)17-26-13-5-2-6-14-26/h1,3-4,7-12,16,18H,2,5-6,13-15,17H2,(H,24,28). The fourth-order valence-corrected chi connectivity index (χ4v) is 3.58. The molecule has 1 aliphatic heterocycles. The van der Waals surface area contributed by atoms with Gasteiger partial charge in [0.1, 0.15) is 0 Å². The van der Waals surface area contributed by atoms with Gasteiger partial charge in [-0.1, -0.05) is 48.9 Å². The first kappa shape index (κ1) is 18.4. The van der Waals surface area contributed by atoms with Crippen LogP contribution in [0.15, 0.2) is 67.0 Å². The number of aromatic nitrogens is 2. The number of carbonyl (C=O) groups is 1. The first-order valence-electron chi connectivity index (χ1n) is 9.96. The minimum absolute atomic E-state index is 0.112. The number of hydrogen-bond acceptors (Lipinski definition) is 3. The molecule has 1 amide bonds. The van der Waals surface area contributed by atoms with Crippen molar-refractivity contribution in [1.82, 2.24) is 20.0 Å². The van der Waals surface area contributed by atoms with Crippen LogP contribution in [0.4, 0.5) is 0 Å². The summed E-state index contributed by atoms with van der Waals surface area (Å²) in [5, 5.41) is 7.26. The molecule has 0 aliphatic carbocycles. The van der Waals surface area contributed by atoms with Gasteiger partial charge >= 0.3 is 0 Å². The minimum Gasteiger partial charge on any atom is -0.348 e. The summed E-state index contributed by atoms with van der Waals surface area (Å²) in [6.07, 6.45) is 7.34. The third-order valence-corrected chi connectivity index (χ3v) is 5.20. The zero-order valence-electron chi connectivity index (χ0n) is 16.1. The SMILES string of the molecule is O=C(NCc1ccc(CN2CCCCC2)cc1)c1cnn(-c2ccccc2)c1. The number of likely N-dealkylation sites (tertiary alicyclic amines) is 1. The Morgan fingerprint density at radius 3 is 2.39 bits per heavy atom. The fraction of sp³-hybridized carbons (Fsp3) is 0.304. The number of para-hydroxylation sites is 1. The van der Waals surface area contributed by atoms with Crippen molar-refractivity contribution in [3.63, 3.8) is 0 Å². The Balaban J connectivity index is 1.30. The molecule has 0 bridgehead atoms. The van der Waals surface area contributed by atoms with Gasteiger partial charge in [-0.15, -0.1) is 0 Å². The molecule has 3 aromatic rings. The van der Waals surface area contributed by atoms with Gasteiger partial charge in [-0.3, -0.25) is 9.69 Å². The van der Waals surface area contributed by atoms with Crippen molar-refractivity contribution in [2.24, 2.45) is 0 Å². The lowest BCUT2D eigenvalue weighted by Gasteiger charge is -2.26. The third kappa shape index (κ3) is 4.67. The van der Waals surface area contributed by atoms with Gasteiger partial charge < -0.3 is 5.32 Å². The Kier molecular flexibility index (Phi) is 5.83. The predicted molar refractivity (Wildman–Crippen MR) is 110 cm³/mol. The molecule has 1 saturated heterocycles. The lowest BCUT2D eigenvalue weighted by Crippen LogP contribution is -2.29. The predicted octanol–water partition coefficient (Wildman–Crippen LogP) is 3.79. The zero-order chi connectivity index (χ0) is 19.2. The molecule has 1 aromatic heterocycles. The lowest BCUT2D eigenvalue weighted by molar-refractivity contribution is 0.0951. The molecule has 144 valence electrons. The summed E-state index contributed by atoms with van der Waals surface area (Å²) in [5.74, 6) is -0.112. The van der Waals surface area contributed by atoms with Crippen molar-refractivity contribution in [2.75, 3.05) is 13.1 Å². The van der Waals surface area contributed by atoms with Crippen LogP contribution < -0.4 is 5.32 Å². The van der Waals surface area contributed by atoms with E-state index < -0.39 is 0 Å². The second kappa shape index (κ2) is 8.85. The zero-order valence-corrected chi connectivity index (χ0v) is 16.1. The van der Waals surface area contributed by atoms with Gasteiger partial charge in [-0.05, 0) is 49.2 Å². The van der Waals surface area contributed by atoms with Gasteiger partial charge in [0, 0.05) is 19.3 Å². The fourth-order valence-electron chi connectivity index (χ4n) is 3.58.